The van der Waals surface area contributed by atoms with Gasteiger partial charge in [-0.1, -0.05) is 34.1 Å². The van der Waals surface area contributed by atoms with Gasteiger partial charge in [-0.3, -0.25) is 4.79 Å². The van der Waals surface area contributed by atoms with Crippen LogP contribution in [0.25, 0.3) is 0 Å². The van der Waals surface area contributed by atoms with Crippen molar-refractivity contribution in [3.8, 4) is 11.5 Å². The highest BCUT2D eigenvalue weighted by Crippen LogP contribution is 2.32. The lowest BCUT2D eigenvalue weighted by atomic mass is 10.1. The average molecular weight is 420 g/mol. The predicted octanol–water partition coefficient (Wildman–Crippen LogP) is 2.11. The summed E-state index contributed by atoms with van der Waals surface area (Å²) < 4.78 is 12.2. The van der Waals surface area contributed by atoms with Gasteiger partial charge in [0, 0.05) is 10.0 Å². The monoisotopic (exact) mass is 419 g/mol. The molecule has 1 aliphatic heterocycles. The van der Waals surface area contributed by atoms with Crippen molar-refractivity contribution in [1.82, 2.24) is 5.32 Å². The predicted molar refractivity (Wildman–Crippen MR) is 104 cm³/mol. The molecule has 0 spiro atoms. The van der Waals surface area contributed by atoms with Gasteiger partial charge >= 0.3 is 0 Å². The summed E-state index contributed by atoms with van der Waals surface area (Å²) in [6.45, 7) is 4.34. The number of quaternary nitrogens is 1. The third kappa shape index (κ3) is 4.99. The van der Waals surface area contributed by atoms with Gasteiger partial charge in [0.2, 0.25) is 0 Å². The molecule has 2 atom stereocenters. The molecule has 0 saturated carbocycles. The Balaban J connectivity index is 1.53. The number of carbonyl (C=O) groups is 1. The highest BCUT2D eigenvalue weighted by atomic mass is 79.9. The largest absolute Gasteiger partial charge is 0.486 e. The van der Waals surface area contributed by atoms with Crippen LogP contribution in [0.15, 0.2) is 46.9 Å². The van der Waals surface area contributed by atoms with Crippen molar-refractivity contribution in [2.24, 2.45) is 0 Å². The lowest BCUT2D eigenvalue weighted by Gasteiger charge is -2.21. The molecule has 26 heavy (non-hydrogen) atoms. The Morgan fingerprint density at radius 1 is 1.15 bits per heavy atom. The third-order valence-corrected chi connectivity index (χ3v) is 4.85. The summed E-state index contributed by atoms with van der Waals surface area (Å²) in [4.78, 5) is 13.5. The van der Waals surface area contributed by atoms with Crippen LogP contribution in [0, 0.1) is 0 Å². The first kappa shape index (κ1) is 18.7. The second-order valence-corrected chi connectivity index (χ2v) is 7.55. The van der Waals surface area contributed by atoms with Crippen molar-refractivity contribution in [3.63, 3.8) is 0 Å². The van der Waals surface area contributed by atoms with E-state index in [1.54, 1.807) is 0 Å². The Bertz CT molecular complexity index is 764. The molecule has 0 bridgehead atoms. The van der Waals surface area contributed by atoms with E-state index >= 15 is 0 Å². The van der Waals surface area contributed by atoms with E-state index in [2.05, 4.69) is 33.4 Å². The van der Waals surface area contributed by atoms with Crippen molar-refractivity contribution in [2.75, 3.05) is 26.8 Å². The molecule has 5 nitrogen and oxygen atoms in total. The van der Waals surface area contributed by atoms with Crippen LogP contribution in [-0.4, -0.2) is 32.7 Å². The molecule has 2 N–H and O–H groups in total. The number of nitrogens with one attached hydrogen (secondary N) is 2. The molecule has 6 heteroatoms. The Labute approximate surface area is 162 Å². The maximum absolute atomic E-state index is 12.4. The first-order valence-electron chi connectivity index (χ1n) is 8.76. The van der Waals surface area contributed by atoms with E-state index < -0.39 is 0 Å². The number of hydrogen-bond acceptors (Lipinski definition) is 3. The van der Waals surface area contributed by atoms with Crippen LogP contribution in [0.5, 0.6) is 11.5 Å². The highest BCUT2D eigenvalue weighted by molar-refractivity contribution is 9.10. The molecule has 2 aromatic carbocycles. The first-order valence-corrected chi connectivity index (χ1v) is 9.55. The average Bonchev–Trinajstić information content (AvgIpc) is 2.63. The van der Waals surface area contributed by atoms with Crippen molar-refractivity contribution in [3.05, 3.63) is 58.1 Å². The van der Waals surface area contributed by atoms with E-state index in [-0.39, 0.29) is 11.9 Å². The van der Waals surface area contributed by atoms with Gasteiger partial charge in [-0.05, 0) is 36.8 Å². The highest BCUT2D eigenvalue weighted by Gasteiger charge is 2.17. The molecule has 138 valence electrons. The molecular formula is C20H24BrN2O3+. The van der Waals surface area contributed by atoms with Crippen LogP contribution < -0.4 is 19.7 Å². The van der Waals surface area contributed by atoms with Crippen molar-refractivity contribution >= 4 is 21.8 Å². The summed E-state index contributed by atoms with van der Waals surface area (Å²) in [5.74, 6) is 1.53. The van der Waals surface area contributed by atoms with Gasteiger partial charge in [0.05, 0.1) is 13.1 Å². The number of hydrogen-bond donors (Lipinski definition) is 2. The minimum absolute atomic E-state index is 0.0296. The topological polar surface area (TPSA) is 52.0 Å². The fraction of sp³-hybridized carbons (Fsp3) is 0.350. The van der Waals surface area contributed by atoms with E-state index in [0.29, 0.717) is 19.8 Å². The Kier molecular flexibility index (Phi) is 6.16. The number of likely N-dealkylation sites (N-methyl/N-ethyl adjacent to an activating group) is 1. The number of halogens is 1. The number of ether oxygens (including phenoxy) is 2. The standard InChI is InChI=1S/C20H23BrN2O3/c1-14(16-5-8-18-19(11-16)26-10-9-25-18)22-20(24)13-23(2)12-15-3-6-17(21)7-4-15/h3-8,11,14H,9-10,12-13H2,1-2H3,(H,22,24)/p+1/t14-/m1/s1. The summed E-state index contributed by atoms with van der Waals surface area (Å²) in [5, 5.41) is 3.07. The normalized spacial score (nSPS) is 15.2. The number of carbonyl (C=O) groups excluding carboxylic acids is 1. The van der Waals surface area contributed by atoms with Gasteiger partial charge < -0.3 is 19.7 Å². The quantitative estimate of drug-likeness (QED) is 0.753. The molecular weight excluding hydrogens is 396 g/mol. The Morgan fingerprint density at radius 3 is 2.58 bits per heavy atom. The fourth-order valence-corrected chi connectivity index (χ4v) is 3.26. The van der Waals surface area contributed by atoms with Crippen molar-refractivity contribution in [2.45, 2.75) is 19.5 Å². The fourth-order valence-electron chi connectivity index (χ4n) is 2.99. The number of fused-ring (bicyclic) bond motifs is 1. The van der Waals surface area contributed by atoms with Crippen LogP contribution >= 0.6 is 15.9 Å². The SMILES string of the molecule is C[C@@H](NC(=O)C[NH+](C)Cc1ccc(Br)cc1)c1ccc2c(c1)OCCO2. The van der Waals surface area contributed by atoms with Crippen LogP contribution in [0.3, 0.4) is 0 Å². The summed E-state index contributed by atoms with van der Waals surface area (Å²) in [5.41, 5.74) is 2.21. The molecule has 2 aromatic rings. The summed E-state index contributed by atoms with van der Waals surface area (Å²) >= 11 is 3.44. The zero-order valence-electron chi connectivity index (χ0n) is 15.0. The Morgan fingerprint density at radius 2 is 1.85 bits per heavy atom. The first-order chi connectivity index (χ1) is 12.5. The summed E-state index contributed by atoms with van der Waals surface area (Å²) in [6.07, 6.45) is 0. The smallest absolute Gasteiger partial charge is 0.275 e. The number of benzene rings is 2. The maximum Gasteiger partial charge on any atom is 0.275 e. The van der Waals surface area contributed by atoms with E-state index in [1.165, 1.54) is 5.56 Å². The molecule has 0 saturated heterocycles. The van der Waals surface area contributed by atoms with Gasteiger partial charge in [0.25, 0.3) is 5.91 Å². The molecule has 0 radical (unpaired) electrons. The lowest BCUT2D eigenvalue weighted by molar-refractivity contribution is -0.885. The van der Waals surface area contributed by atoms with Gasteiger partial charge in [-0.25, -0.2) is 0 Å². The zero-order valence-corrected chi connectivity index (χ0v) is 16.6. The second kappa shape index (κ2) is 8.56. The molecule has 1 amide bonds. The minimum Gasteiger partial charge on any atom is -0.486 e. The lowest BCUT2D eigenvalue weighted by Crippen LogP contribution is -3.08. The molecule has 3 rings (SSSR count). The molecule has 1 unspecified atom stereocenters. The van der Waals surface area contributed by atoms with Crippen molar-refractivity contribution < 1.29 is 19.2 Å². The third-order valence-electron chi connectivity index (χ3n) is 4.33. The van der Waals surface area contributed by atoms with E-state index in [1.807, 2.05) is 44.3 Å². The second-order valence-electron chi connectivity index (χ2n) is 6.63. The maximum atomic E-state index is 12.4. The van der Waals surface area contributed by atoms with E-state index in [4.69, 9.17) is 9.47 Å². The van der Waals surface area contributed by atoms with Gasteiger partial charge in [-0.2, -0.15) is 0 Å². The number of rotatable bonds is 6. The van der Waals surface area contributed by atoms with Crippen LogP contribution in [0.1, 0.15) is 24.1 Å². The minimum atomic E-state index is -0.0844. The molecule has 0 aliphatic carbocycles. The summed E-state index contributed by atoms with van der Waals surface area (Å²) in [6, 6.07) is 13.9. The van der Waals surface area contributed by atoms with Crippen molar-refractivity contribution in [1.29, 1.82) is 0 Å². The van der Waals surface area contributed by atoms with Crippen LogP contribution in [0.4, 0.5) is 0 Å². The van der Waals surface area contributed by atoms with Crippen LogP contribution in [0.2, 0.25) is 0 Å². The Hall–Kier alpha value is -2.05. The molecule has 0 aromatic heterocycles. The van der Waals surface area contributed by atoms with E-state index in [0.717, 1.165) is 33.0 Å². The molecule has 1 heterocycles. The zero-order chi connectivity index (χ0) is 18.5. The van der Waals surface area contributed by atoms with Gasteiger partial charge in [-0.15, -0.1) is 0 Å². The van der Waals surface area contributed by atoms with Crippen LogP contribution in [-0.2, 0) is 11.3 Å². The van der Waals surface area contributed by atoms with Gasteiger partial charge in [0.15, 0.2) is 18.0 Å². The summed E-state index contributed by atoms with van der Waals surface area (Å²) in [7, 11) is 2.02. The van der Waals surface area contributed by atoms with Gasteiger partial charge in [0.1, 0.15) is 19.8 Å². The van der Waals surface area contributed by atoms with E-state index in [9.17, 15) is 4.79 Å². The molecule has 0 fully saturated rings. The number of amides is 1. The molecule has 1 aliphatic rings.